The molecule has 0 unspecified atom stereocenters. The van der Waals surface area contributed by atoms with Gasteiger partial charge in [0.15, 0.2) is 15.8 Å². The molecule has 0 bridgehead atoms. The average molecular weight is 556 g/mol. The Morgan fingerprint density at radius 3 is 2.46 bits per heavy atom. The number of ether oxygens (including phenoxy) is 2. The lowest BCUT2D eigenvalue weighted by atomic mass is 10.1. The minimum absolute atomic E-state index is 0.0941. The van der Waals surface area contributed by atoms with Gasteiger partial charge in [0, 0.05) is 16.5 Å². The predicted molar refractivity (Wildman–Crippen MR) is 147 cm³/mol. The lowest BCUT2D eigenvalue weighted by Crippen LogP contribution is -2.27. The van der Waals surface area contributed by atoms with Crippen molar-refractivity contribution < 1.29 is 24.1 Å². The lowest BCUT2D eigenvalue weighted by molar-refractivity contribution is -0.394. The zero-order chi connectivity index (χ0) is 26.7. The summed E-state index contributed by atoms with van der Waals surface area (Å²) in [6.45, 7) is 0. The highest BCUT2D eigenvalue weighted by molar-refractivity contribution is 8.27. The van der Waals surface area contributed by atoms with Crippen LogP contribution in [0.4, 0.5) is 17.1 Å². The topological polar surface area (TPSA) is 125 Å². The molecular formula is C24H17N3O7S3. The second-order valence-corrected chi connectivity index (χ2v) is 9.92. The number of nitro groups is 2. The Morgan fingerprint density at radius 1 is 1.03 bits per heavy atom. The van der Waals surface area contributed by atoms with Crippen LogP contribution in [-0.4, -0.2) is 33.4 Å². The van der Waals surface area contributed by atoms with E-state index < -0.39 is 21.2 Å². The SMILES string of the molecule is COc1cccc(/C=C2/SC(=S)N(c3cccc(SC)c3)C2=O)c1Oc1ccc([N+](=O)[O-])cc1[N+](=O)[O-]. The average Bonchev–Trinajstić information content (AvgIpc) is 3.17. The summed E-state index contributed by atoms with van der Waals surface area (Å²) in [6.07, 6.45) is 3.50. The van der Waals surface area contributed by atoms with Crippen molar-refractivity contribution in [2.24, 2.45) is 0 Å². The summed E-state index contributed by atoms with van der Waals surface area (Å²) >= 11 is 8.12. The fourth-order valence-corrected chi connectivity index (χ4v) is 5.20. The molecule has 1 aliphatic heterocycles. The van der Waals surface area contributed by atoms with Gasteiger partial charge >= 0.3 is 5.69 Å². The minimum atomic E-state index is -0.773. The first-order valence-electron chi connectivity index (χ1n) is 10.4. The van der Waals surface area contributed by atoms with Crippen LogP contribution in [0.2, 0.25) is 0 Å². The van der Waals surface area contributed by atoms with Gasteiger partial charge in [-0.1, -0.05) is 42.2 Å². The molecule has 0 radical (unpaired) electrons. The molecule has 0 saturated carbocycles. The number of thioether (sulfide) groups is 2. The largest absolute Gasteiger partial charge is 0.493 e. The van der Waals surface area contributed by atoms with Crippen molar-refractivity contribution in [3.05, 3.63) is 91.4 Å². The molecule has 0 atom stereocenters. The number of carbonyl (C=O) groups is 1. The standard InChI is InChI=1S/C24H17N3O7S3/c1-33-20-8-3-5-14(22(20)34-19-10-9-16(26(29)30)13-18(19)27(31)32)11-21-23(28)25(24(35)37-21)15-6-4-7-17(12-15)36-2/h3-13H,1-2H3/b21-11+. The first kappa shape index (κ1) is 26.1. The van der Waals surface area contributed by atoms with E-state index in [0.717, 1.165) is 34.9 Å². The van der Waals surface area contributed by atoms with E-state index in [0.29, 0.717) is 20.5 Å². The van der Waals surface area contributed by atoms with Gasteiger partial charge in [0.2, 0.25) is 5.75 Å². The van der Waals surface area contributed by atoms with Crippen molar-refractivity contribution in [1.82, 2.24) is 0 Å². The first-order chi connectivity index (χ1) is 17.7. The number of hydrogen-bond acceptors (Lipinski definition) is 10. The Balaban J connectivity index is 1.74. The van der Waals surface area contributed by atoms with E-state index in [4.69, 9.17) is 21.7 Å². The number of non-ortho nitro benzene ring substituents is 1. The Morgan fingerprint density at radius 2 is 1.78 bits per heavy atom. The number of amides is 1. The van der Waals surface area contributed by atoms with Gasteiger partial charge in [0.1, 0.15) is 0 Å². The van der Waals surface area contributed by atoms with Crippen molar-refractivity contribution in [3.8, 4) is 17.2 Å². The summed E-state index contributed by atoms with van der Waals surface area (Å²) in [6, 6.07) is 15.4. The normalized spacial score (nSPS) is 14.2. The summed E-state index contributed by atoms with van der Waals surface area (Å²) < 4.78 is 11.6. The van der Waals surface area contributed by atoms with Crippen molar-refractivity contribution in [1.29, 1.82) is 0 Å². The molecule has 3 aromatic rings. The van der Waals surface area contributed by atoms with E-state index >= 15 is 0 Å². The fraction of sp³-hybridized carbons (Fsp3) is 0.0833. The van der Waals surface area contributed by atoms with Crippen LogP contribution in [0, 0.1) is 20.2 Å². The Hall–Kier alpha value is -3.94. The molecule has 1 heterocycles. The third-order valence-electron chi connectivity index (χ3n) is 5.18. The lowest BCUT2D eigenvalue weighted by Gasteiger charge is -2.15. The van der Waals surface area contributed by atoms with Crippen molar-refractivity contribution >= 4 is 69.1 Å². The fourth-order valence-electron chi connectivity index (χ4n) is 3.46. The second-order valence-electron chi connectivity index (χ2n) is 7.37. The van der Waals surface area contributed by atoms with Crippen LogP contribution in [-0.2, 0) is 4.79 Å². The third-order valence-corrected chi connectivity index (χ3v) is 7.21. The van der Waals surface area contributed by atoms with Crippen molar-refractivity contribution in [2.75, 3.05) is 18.3 Å². The van der Waals surface area contributed by atoms with Gasteiger partial charge < -0.3 is 9.47 Å². The Kier molecular flexibility index (Phi) is 7.76. The van der Waals surface area contributed by atoms with Gasteiger partial charge in [-0.05, 0) is 42.7 Å². The number of nitrogens with zero attached hydrogens (tertiary/aromatic N) is 3. The van der Waals surface area contributed by atoms with Gasteiger partial charge in [-0.3, -0.25) is 29.9 Å². The maximum atomic E-state index is 13.3. The number of thiocarbonyl (C=S) groups is 1. The molecule has 4 rings (SSSR count). The highest BCUT2D eigenvalue weighted by Gasteiger charge is 2.34. The molecule has 10 nitrogen and oxygen atoms in total. The molecule has 37 heavy (non-hydrogen) atoms. The summed E-state index contributed by atoms with van der Waals surface area (Å²) in [7, 11) is 1.40. The molecule has 0 aromatic heterocycles. The highest BCUT2D eigenvalue weighted by Crippen LogP contribution is 2.43. The zero-order valence-electron chi connectivity index (χ0n) is 19.3. The first-order valence-corrected chi connectivity index (χ1v) is 12.9. The maximum Gasteiger partial charge on any atom is 0.318 e. The zero-order valence-corrected chi connectivity index (χ0v) is 21.7. The van der Waals surface area contributed by atoms with E-state index in [1.165, 1.54) is 12.0 Å². The number of anilines is 1. The molecule has 188 valence electrons. The van der Waals surface area contributed by atoms with Crippen LogP contribution >= 0.6 is 35.7 Å². The van der Waals surface area contributed by atoms with Crippen LogP contribution in [0.3, 0.4) is 0 Å². The minimum Gasteiger partial charge on any atom is -0.493 e. The van der Waals surface area contributed by atoms with Gasteiger partial charge in [-0.25, -0.2) is 0 Å². The monoisotopic (exact) mass is 555 g/mol. The maximum absolute atomic E-state index is 13.3. The molecule has 1 fully saturated rings. The number of carbonyl (C=O) groups excluding carboxylic acids is 1. The van der Waals surface area contributed by atoms with Crippen LogP contribution in [0.25, 0.3) is 6.08 Å². The number of para-hydroxylation sites is 1. The quantitative estimate of drug-likeness (QED) is 0.101. The van der Waals surface area contributed by atoms with Crippen LogP contribution in [0.1, 0.15) is 5.56 Å². The van der Waals surface area contributed by atoms with E-state index in [-0.39, 0.29) is 23.2 Å². The Bertz CT molecular complexity index is 1480. The molecule has 0 spiro atoms. The number of hydrogen-bond donors (Lipinski definition) is 0. The van der Waals surface area contributed by atoms with Gasteiger partial charge in [-0.2, -0.15) is 0 Å². The number of benzene rings is 3. The summed E-state index contributed by atoms with van der Waals surface area (Å²) in [5, 5.41) is 22.7. The molecule has 1 aliphatic rings. The molecule has 3 aromatic carbocycles. The van der Waals surface area contributed by atoms with Crippen LogP contribution < -0.4 is 14.4 Å². The van der Waals surface area contributed by atoms with Crippen molar-refractivity contribution in [2.45, 2.75) is 4.90 Å². The molecule has 1 amide bonds. The van der Waals surface area contributed by atoms with E-state index in [1.54, 1.807) is 42.1 Å². The number of methoxy groups -OCH3 is 1. The smallest absolute Gasteiger partial charge is 0.318 e. The van der Waals surface area contributed by atoms with Crippen LogP contribution in [0.5, 0.6) is 17.2 Å². The van der Waals surface area contributed by atoms with E-state index in [1.807, 2.05) is 24.5 Å². The van der Waals surface area contributed by atoms with Gasteiger partial charge in [0.25, 0.3) is 11.6 Å². The predicted octanol–water partition coefficient (Wildman–Crippen LogP) is 6.43. The summed E-state index contributed by atoms with van der Waals surface area (Å²) in [4.78, 5) is 37.2. The van der Waals surface area contributed by atoms with Crippen molar-refractivity contribution in [3.63, 3.8) is 0 Å². The highest BCUT2D eigenvalue weighted by atomic mass is 32.2. The molecular weight excluding hydrogens is 538 g/mol. The summed E-state index contributed by atoms with van der Waals surface area (Å²) in [5.41, 5.74) is -0.00805. The molecule has 0 aliphatic carbocycles. The van der Waals surface area contributed by atoms with Gasteiger partial charge in [0.05, 0.1) is 33.6 Å². The van der Waals surface area contributed by atoms with E-state index in [2.05, 4.69) is 0 Å². The molecule has 0 N–H and O–H groups in total. The molecule has 1 saturated heterocycles. The van der Waals surface area contributed by atoms with E-state index in [9.17, 15) is 25.0 Å². The number of nitro benzene ring substituents is 2. The Labute approximate surface area is 224 Å². The summed E-state index contributed by atoms with van der Waals surface area (Å²) in [5.74, 6) is -0.222. The molecule has 13 heteroatoms. The van der Waals surface area contributed by atoms with Gasteiger partial charge in [-0.15, -0.1) is 11.8 Å². The third kappa shape index (κ3) is 5.43. The second kappa shape index (κ2) is 11.0. The van der Waals surface area contributed by atoms with Crippen LogP contribution in [0.15, 0.2) is 70.5 Å². The number of rotatable bonds is 8.